The molecule has 0 unspecified atom stereocenters. The van der Waals surface area contributed by atoms with E-state index in [0.29, 0.717) is 0 Å². The van der Waals surface area contributed by atoms with E-state index in [1.54, 1.807) is 0 Å². The van der Waals surface area contributed by atoms with Crippen molar-refractivity contribution in [1.29, 1.82) is 0 Å². The first kappa shape index (κ1) is 9.21. The molecule has 1 aliphatic rings. The molecule has 0 aromatic rings. The summed E-state index contributed by atoms with van der Waals surface area (Å²) in [6, 6.07) is 0. The molecule has 0 aromatic carbocycles. The summed E-state index contributed by atoms with van der Waals surface area (Å²) < 4.78 is 6.31. The monoisotopic (exact) mass is 151 g/mol. The summed E-state index contributed by atoms with van der Waals surface area (Å²) in [5.74, 6) is 0. The summed E-state index contributed by atoms with van der Waals surface area (Å²) in [5, 5.41) is 0. The molecule has 0 N–H and O–H groups in total. The van der Waals surface area contributed by atoms with Crippen molar-refractivity contribution >= 4 is 0 Å². The third-order valence-corrected chi connectivity index (χ3v) is 1.68. The van der Waals surface area contributed by atoms with Crippen LogP contribution in [0.15, 0.2) is 0 Å². The molecule has 9 heavy (non-hydrogen) atoms. The molecule has 1 heterocycles. The second-order valence-corrected chi connectivity index (χ2v) is 3.00. The van der Waals surface area contributed by atoms with Gasteiger partial charge in [0.05, 0.1) is 27.3 Å². The summed E-state index contributed by atoms with van der Waals surface area (Å²) in [7, 11) is 4.48. The van der Waals surface area contributed by atoms with Crippen LogP contribution in [0.1, 0.15) is 0 Å². The van der Waals surface area contributed by atoms with Gasteiger partial charge >= 0.3 is 0 Å². The molecule has 0 amide bonds. The first-order valence-corrected chi connectivity index (χ1v) is 3.10. The zero-order valence-electron chi connectivity index (χ0n) is 6.06. The second kappa shape index (κ2) is 3.40. The molecule has 0 aliphatic carbocycles. The number of rotatable bonds is 0. The van der Waals surface area contributed by atoms with Gasteiger partial charge in [-0.2, -0.15) is 0 Å². The fourth-order valence-corrected chi connectivity index (χ4v) is 0.837. The smallest absolute Gasteiger partial charge is 0.102 e. The topological polar surface area (TPSA) is 9.23 Å². The number of morpholine rings is 1. The molecule has 0 aromatic heterocycles. The van der Waals surface area contributed by atoms with Crippen molar-refractivity contribution in [3.63, 3.8) is 0 Å². The fraction of sp³-hybridized carbons (Fsp3) is 1.00. The Morgan fingerprint density at radius 3 is 1.78 bits per heavy atom. The lowest BCUT2D eigenvalue weighted by Gasteiger charge is -2.33. The lowest BCUT2D eigenvalue weighted by molar-refractivity contribution is -0.898. The van der Waals surface area contributed by atoms with E-state index in [4.69, 9.17) is 4.74 Å². The van der Waals surface area contributed by atoms with Crippen molar-refractivity contribution in [2.24, 2.45) is 0 Å². The summed E-state index contributed by atoms with van der Waals surface area (Å²) in [6.45, 7) is 4.21. The average molecular weight is 152 g/mol. The highest BCUT2D eigenvalue weighted by Crippen LogP contribution is 2.00. The van der Waals surface area contributed by atoms with Crippen LogP contribution in [-0.4, -0.2) is 44.9 Å². The number of ether oxygens (including phenoxy) is 1. The number of quaternary nitrogens is 1. The van der Waals surface area contributed by atoms with Crippen LogP contribution in [-0.2, 0) is 4.74 Å². The van der Waals surface area contributed by atoms with E-state index in [0.717, 1.165) is 17.7 Å². The van der Waals surface area contributed by atoms with Crippen LogP contribution in [0.25, 0.3) is 0 Å². The highest BCUT2D eigenvalue weighted by molar-refractivity contribution is 4.40. The molecule has 1 saturated heterocycles. The van der Waals surface area contributed by atoms with Gasteiger partial charge in [-0.25, -0.2) is 0 Å². The van der Waals surface area contributed by atoms with E-state index in [1.807, 2.05) is 0 Å². The maximum Gasteiger partial charge on any atom is 0.102 e. The van der Waals surface area contributed by atoms with Gasteiger partial charge in [-0.3, -0.25) is 0 Å². The van der Waals surface area contributed by atoms with Crippen LogP contribution in [0.4, 0.5) is 0 Å². The Bertz CT molecular complexity index is 77.1. The third-order valence-electron chi connectivity index (χ3n) is 1.68. The molecular formula is C6H14ClNO. The molecule has 2 nitrogen and oxygen atoms in total. The number of hydrogen-bond donors (Lipinski definition) is 0. The summed E-state index contributed by atoms with van der Waals surface area (Å²) >= 11 is 0. The molecule has 0 atom stereocenters. The Balaban J connectivity index is 0.000000640. The fourth-order valence-electron chi connectivity index (χ4n) is 0.837. The number of likely N-dealkylation sites (N-methyl/N-ethyl adjacent to an activating group) is 1. The van der Waals surface area contributed by atoms with Gasteiger partial charge in [0.2, 0.25) is 0 Å². The Morgan fingerprint density at radius 2 is 1.56 bits per heavy atom. The molecule has 0 saturated carbocycles. The van der Waals surface area contributed by atoms with Crippen molar-refractivity contribution in [3.05, 3.63) is 0 Å². The molecular weight excluding hydrogens is 138 g/mol. The lowest BCUT2D eigenvalue weighted by Crippen LogP contribution is -3.00. The zero-order valence-corrected chi connectivity index (χ0v) is 6.82. The maximum atomic E-state index is 5.19. The molecule has 0 radical (unpaired) electrons. The van der Waals surface area contributed by atoms with Crippen LogP contribution in [0, 0.1) is 0 Å². The molecule has 0 spiro atoms. The van der Waals surface area contributed by atoms with Crippen molar-refractivity contribution in [2.75, 3.05) is 40.4 Å². The first-order chi connectivity index (χ1) is 3.71. The van der Waals surface area contributed by atoms with Gasteiger partial charge in [0, 0.05) is 0 Å². The van der Waals surface area contributed by atoms with Gasteiger partial charge in [-0.15, -0.1) is 0 Å². The minimum Gasteiger partial charge on any atom is -1.00 e. The normalized spacial score (nSPS) is 24.7. The molecule has 56 valence electrons. The second-order valence-electron chi connectivity index (χ2n) is 3.00. The van der Waals surface area contributed by atoms with Crippen LogP contribution >= 0.6 is 0 Å². The van der Waals surface area contributed by atoms with Gasteiger partial charge in [-0.1, -0.05) is 0 Å². The van der Waals surface area contributed by atoms with Crippen LogP contribution < -0.4 is 12.4 Å². The van der Waals surface area contributed by atoms with E-state index < -0.39 is 0 Å². The van der Waals surface area contributed by atoms with Crippen molar-refractivity contribution < 1.29 is 21.6 Å². The zero-order chi connectivity index (χ0) is 6.04. The van der Waals surface area contributed by atoms with Crippen LogP contribution in [0.2, 0.25) is 0 Å². The molecule has 3 heteroatoms. The molecule has 1 fully saturated rings. The van der Waals surface area contributed by atoms with E-state index in [9.17, 15) is 0 Å². The van der Waals surface area contributed by atoms with Gasteiger partial charge in [-0.05, 0) is 0 Å². The Morgan fingerprint density at radius 1 is 1.11 bits per heavy atom. The molecule has 1 aliphatic heterocycles. The average Bonchev–Trinajstić information content (AvgIpc) is 1.65. The lowest BCUT2D eigenvalue weighted by atomic mass is 10.4. The Hall–Kier alpha value is 0.210. The van der Waals surface area contributed by atoms with E-state index in [1.165, 1.54) is 13.1 Å². The maximum absolute atomic E-state index is 5.19. The number of halogens is 1. The van der Waals surface area contributed by atoms with E-state index in [2.05, 4.69) is 14.1 Å². The predicted octanol–water partition coefficient (Wildman–Crippen LogP) is -2.90. The Labute approximate surface area is 62.8 Å². The SMILES string of the molecule is C[N+]1(C)CCOCC1.[Cl-]. The van der Waals surface area contributed by atoms with E-state index >= 15 is 0 Å². The predicted molar refractivity (Wildman–Crippen MR) is 32.7 cm³/mol. The van der Waals surface area contributed by atoms with Crippen molar-refractivity contribution in [3.8, 4) is 0 Å². The van der Waals surface area contributed by atoms with Crippen molar-refractivity contribution in [1.82, 2.24) is 0 Å². The summed E-state index contributed by atoms with van der Waals surface area (Å²) in [5.41, 5.74) is 0. The van der Waals surface area contributed by atoms with Crippen LogP contribution in [0.5, 0.6) is 0 Å². The van der Waals surface area contributed by atoms with Gasteiger partial charge in [0.1, 0.15) is 13.1 Å². The quantitative estimate of drug-likeness (QED) is 0.338. The van der Waals surface area contributed by atoms with Gasteiger partial charge in [0.25, 0.3) is 0 Å². The Kier molecular flexibility index (Phi) is 3.48. The first-order valence-electron chi connectivity index (χ1n) is 3.10. The number of hydrogen-bond acceptors (Lipinski definition) is 1. The van der Waals surface area contributed by atoms with E-state index in [-0.39, 0.29) is 12.4 Å². The number of nitrogens with zero attached hydrogens (tertiary/aromatic N) is 1. The highest BCUT2D eigenvalue weighted by atomic mass is 35.5. The van der Waals surface area contributed by atoms with Crippen LogP contribution in [0.3, 0.4) is 0 Å². The molecule has 1 rings (SSSR count). The van der Waals surface area contributed by atoms with Gasteiger partial charge < -0.3 is 21.6 Å². The van der Waals surface area contributed by atoms with Crippen molar-refractivity contribution in [2.45, 2.75) is 0 Å². The summed E-state index contributed by atoms with van der Waals surface area (Å²) in [6.07, 6.45) is 0. The highest BCUT2D eigenvalue weighted by Gasteiger charge is 2.18. The molecule has 0 bridgehead atoms. The third kappa shape index (κ3) is 3.04. The minimum atomic E-state index is 0. The summed E-state index contributed by atoms with van der Waals surface area (Å²) in [4.78, 5) is 0. The van der Waals surface area contributed by atoms with Gasteiger partial charge in [0.15, 0.2) is 0 Å². The standard InChI is InChI=1S/C6H14NO.ClH/c1-7(2)3-5-8-6-4-7;/h3-6H2,1-2H3;1H/q+1;/p-1. The largest absolute Gasteiger partial charge is 1.00 e. The minimum absolute atomic E-state index is 0.